The predicted molar refractivity (Wildman–Crippen MR) is 31.2 cm³/mol. The second-order valence-electron chi connectivity index (χ2n) is 2.34. The summed E-state index contributed by atoms with van der Waals surface area (Å²) in [6.07, 6.45) is 1.51. The van der Waals surface area contributed by atoms with Crippen LogP contribution < -0.4 is 0 Å². The molecule has 52 valence electrons. The molecule has 0 aliphatic carbocycles. The van der Waals surface area contributed by atoms with Gasteiger partial charge >= 0.3 is 5.97 Å². The zero-order valence-electron chi connectivity index (χ0n) is 5.39. The Morgan fingerprint density at radius 1 is 1.89 bits per heavy atom. The van der Waals surface area contributed by atoms with Crippen LogP contribution in [0.4, 0.5) is 0 Å². The fourth-order valence-corrected chi connectivity index (χ4v) is 0.866. The van der Waals surface area contributed by atoms with Gasteiger partial charge in [0.2, 0.25) is 0 Å². The first kappa shape index (κ1) is 6.55. The minimum atomic E-state index is -0.815. The average molecular weight is 130 g/mol. The van der Waals surface area contributed by atoms with Crippen molar-refractivity contribution >= 4 is 5.97 Å². The SMILES string of the molecule is CCCC1(C(=O)O)CO1. The Labute approximate surface area is 53.6 Å². The minimum absolute atomic E-state index is 0.399. The molecule has 0 aromatic rings. The molecule has 0 saturated carbocycles. The van der Waals surface area contributed by atoms with Crippen molar-refractivity contribution in [2.75, 3.05) is 6.61 Å². The van der Waals surface area contributed by atoms with Gasteiger partial charge in [0.15, 0.2) is 5.60 Å². The zero-order valence-corrected chi connectivity index (χ0v) is 5.39. The molecule has 1 N–H and O–H groups in total. The first-order valence-corrected chi connectivity index (χ1v) is 3.08. The number of carboxylic acids is 1. The number of epoxide rings is 1. The Morgan fingerprint density at radius 3 is 2.56 bits per heavy atom. The van der Waals surface area contributed by atoms with Gasteiger partial charge in [0.05, 0.1) is 6.61 Å². The summed E-state index contributed by atoms with van der Waals surface area (Å²) < 4.78 is 4.80. The summed E-state index contributed by atoms with van der Waals surface area (Å²) in [7, 11) is 0. The fraction of sp³-hybridized carbons (Fsp3) is 0.833. The van der Waals surface area contributed by atoms with Gasteiger partial charge < -0.3 is 9.84 Å². The summed E-state index contributed by atoms with van der Waals surface area (Å²) in [5, 5.41) is 8.51. The van der Waals surface area contributed by atoms with E-state index in [0.717, 1.165) is 6.42 Å². The maximum Gasteiger partial charge on any atom is 0.338 e. The molecule has 3 heteroatoms. The molecule has 1 unspecified atom stereocenters. The van der Waals surface area contributed by atoms with Gasteiger partial charge in [-0.25, -0.2) is 4.79 Å². The van der Waals surface area contributed by atoms with Gasteiger partial charge in [-0.05, 0) is 6.42 Å². The number of hydrogen-bond acceptors (Lipinski definition) is 2. The lowest BCUT2D eigenvalue weighted by atomic mass is 10.1. The number of aliphatic carboxylic acids is 1. The Balaban J connectivity index is 2.43. The molecule has 9 heavy (non-hydrogen) atoms. The van der Waals surface area contributed by atoms with E-state index in [1.807, 2.05) is 6.92 Å². The number of hydrogen-bond donors (Lipinski definition) is 1. The molecule has 1 heterocycles. The van der Waals surface area contributed by atoms with E-state index in [1.165, 1.54) is 0 Å². The quantitative estimate of drug-likeness (QED) is 0.570. The second kappa shape index (κ2) is 1.99. The van der Waals surface area contributed by atoms with Gasteiger partial charge in [-0.2, -0.15) is 0 Å². The first-order chi connectivity index (χ1) is 4.21. The first-order valence-electron chi connectivity index (χ1n) is 3.08. The Kier molecular flexibility index (Phi) is 1.45. The highest BCUT2D eigenvalue weighted by Crippen LogP contribution is 2.31. The van der Waals surface area contributed by atoms with Gasteiger partial charge in [-0.1, -0.05) is 13.3 Å². The van der Waals surface area contributed by atoms with Crippen molar-refractivity contribution in [2.45, 2.75) is 25.4 Å². The van der Waals surface area contributed by atoms with Crippen LogP contribution in [0.2, 0.25) is 0 Å². The summed E-state index contributed by atoms with van der Waals surface area (Å²) in [5.41, 5.74) is -0.783. The zero-order chi connectivity index (χ0) is 6.91. The van der Waals surface area contributed by atoms with Gasteiger partial charge in [0.25, 0.3) is 0 Å². The topological polar surface area (TPSA) is 49.8 Å². The van der Waals surface area contributed by atoms with Crippen LogP contribution in [0.1, 0.15) is 19.8 Å². The van der Waals surface area contributed by atoms with E-state index in [2.05, 4.69) is 0 Å². The Bertz CT molecular complexity index is 126. The predicted octanol–water partition coefficient (Wildman–Crippen LogP) is 0.640. The van der Waals surface area contributed by atoms with Crippen molar-refractivity contribution in [3.8, 4) is 0 Å². The third-order valence-corrected chi connectivity index (χ3v) is 1.54. The van der Waals surface area contributed by atoms with Crippen LogP contribution in [-0.4, -0.2) is 23.3 Å². The highest BCUT2D eigenvalue weighted by molar-refractivity contribution is 5.80. The number of carbonyl (C=O) groups is 1. The summed E-state index contributed by atoms with van der Waals surface area (Å²) in [6, 6.07) is 0. The molecule has 3 nitrogen and oxygen atoms in total. The molecule has 1 fully saturated rings. The van der Waals surface area contributed by atoms with Gasteiger partial charge in [-0.3, -0.25) is 0 Å². The number of rotatable bonds is 3. The molecule has 1 saturated heterocycles. The van der Waals surface area contributed by atoms with Crippen LogP contribution in [0.25, 0.3) is 0 Å². The van der Waals surface area contributed by atoms with E-state index in [-0.39, 0.29) is 0 Å². The third-order valence-electron chi connectivity index (χ3n) is 1.54. The smallest absolute Gasteiger partial charge is 0.338 e. The van der Waals surface area contributed by atoms with Crippen molar-refractivity contribution < 1.29 is 14.6 Å². The highest BCUT2D eigenvalue weighted by atomic mass is 16.6. The molecule has 0 aromatic carbocycles. The van der Waals surface area contributed by atoms with Crippen LogP contribution in [0.3, 0.4) is 0 Å². The molecular formula is C6H10O3. The summed E-state index contributed by atoms with van der Waals surface area (Å²) in [5.74, 6) is -0.815. The van der Waals surface area contributed by atoms with E-state index in [4.69, 9.17) is 9.84 Å². The van der Waals surface area contributed by atoms with Crippen LogP contribution in [0.5, 0.6) is 0 Å². The van der Waals surface area contributed by atoms with E-state index >= 15 is 0 Å². The lowest BCUT2D eigenvalue weighted by Gasteiger charge is -2.00. The standard InChI is InChI=1S/C6H10O3/c1-2-3-6(4-9-6)5(7)8/h2-4H2,1H3,(H,7,8). The molecule has 1 aliphatic rings. The van der Waals surface area contributed by atoms with Gasteiger partial charge in [-0.15, -0.1) is 0 Å². The highest BCUT2D eigenvalue weighted by Gasteiger charge is 2.51. The van der Waals surface area contributed by atoms with Gasteiger partial charge in [0.1, 0.15) is 0 Å². The molecule has 1 aliphatic heterocycles. The largest absolute Gasteiger partial charge is 0.479 e. The van der Waals surface area contributed by atoms with Crippen LogP contribution in [0, 0.1) is 0 Å². The van der Waals surface area contributed by atoms with E-state index in [0.29, 0.717) is 13.0 Å². The summed E-state index contributed by atoms with van der Waals surface area (Å²) in [6.45, 7) is 2.35. The van der Waals surface area contributed by atoms with Crippen LogP contribution in [-0.2, 0) is 9.53 Å². The molecule has 0 spiro atoms. The monoisotopic (exact) mass is 130 g/mol. The van der Waals surface area contributed by atoms with Crippen molar-refractivity contribution in [3.05, 3.63) is 0 Å². The normalized spacial score (nSPS) is 32.1. The average Bonchev–Trinajstić information content (AvgIpc) is 2.49. The Morgan fingerprint density at radius 2 is 2.44 bits per heavy atom. The van der Waals surface area contributed by atoms with Crippen LogP contribution >= 0.6 is 0 Å². The molecule has 1 atom stereocenters. The van der Waals surface area contributed by atoms with E-state index < -0.39 is 11.6 Å². The lowest BCUT2D eigenvalue weighted by Crippen LogP contribution is -2.23. The van der Waals surface area contributed by atoms with Crippen molar-refractivity contribution in [3.63, 3.8) is 0 Å². The molecule has 0 bridgehead atoms. The maximum absolute atomic E-state index is 10.3. The van der Waals surface area contributed by atoms with E-state index in [1.54, 1.807) is 0 Å². The second-order valence-corrected chi connectivity index (χ2v) is 2.34. The van der Waals surface area contributed by atoms with Crippen molar-refractivity contribution in [2.24, 2.45) is 0 Å². The molecular weight excluding hydrogens is 120 g/mol. The maximum atomic E-state index is 10.3. The fourth-order valence-electron chi connectivity index (χ4n) is 0.866. The number of carboxylic acid groups (broad SMARTS) is 1. The minimum Gasteiger partial charge on any atom is -0.479 e. The summed E-state index contributed by atoms with van der Waals surface area (Å²) >= 11 is 0. The molecule has 0 aromatic heterocycles. The van der Waals surface area contributed by atoms with Crippen LogP contribution in [0.15, 0.2) is 0 Å². The Hall–Kier alpha value is -0.570. The number of ether oxygens (including phenoxy) is 1. The molecule has 1 rings (SSSR count). The van der Waals surface area contributed by atoms with Gasteiger partial charge in [0, 0.05) is 0 Å². The molecule has 0 radical (unpaired) electrons. The molecule has 0 amide bonds. The van der Waals surface area contributed by atoms with Crippen molar-refractivity contribution in [1.29, 1.82) is 0 Å². The summed E-state index contributed by atoms with van der Waals surface area (Å²) in [4.78, 5) is 10.3. The van der Waals surface area contributed by atoms with Crippen molar-refractivity contribution in [1.82, 2.24) is 0 Å². The lowest BCUT2D eigenvalue weighted by molar-refractivity contribution is -0.143. The van der Waals surface area contributed by atoms with E-state index in [9.17, 15) is 4.79 Å². The third kappa shape index (κ3) is 1.05.